The zero-order valence-electron chi connectivity index (χ0n) is 19.3. The summed E-state index contributed by atoms with van der Waals surface area (Å²) in [7, 11) is 0. The van der Waals surface area contributed by atoms with Crippen LogP contribution in [-0.2, 0) is 9.53 Å². The van der Waals surface area contributed by atoms with Crippen molar-refractivity contribution >= 4 is 28.7 Å². The number of nitro benzene ring substituents is 2. The Labute approximate surface area is 197 Å². The fourth-order valence-electron chi connectivity index (χ4n) is 4.26. The van der Waals surface area contributed by atoms with Crippen molar-refractivity contribution in [3.05, 3.63) is 74.3 Å². The number of benzene rings is 2. The molecule has 0 aliphatic heterocycles. The van der Waals surface area contributed by atoms with Crippen LogP contribution in [0.4, 0.5) is 17.1 Å². The number of ether oxygens (including phenoxy) is 1. The van der Waals surface area contributed by atoms with Crippen molar-refractivity contribution < 1.29 is 19.4 Å². The number of hydrogen-bond donors (Lipinski definition) is 1. The highest BCUT2D eigenvalue weighted by molar-refractivity contribution is 6.43. The first-order valence-electron chi connectivity index (χ1n) is 11.2. The molecule has 1 fully saturated rings. The van der Waals surface area contributed by atoms with Crippen LogP contribution in [0.2, 0.25) is 0 Å². The van der Waals surface area contributed by atoms with Crippen molar-refractivity contribution in [2.24, 2.45) is 22.9 Å². The summed E-state index contributed by atoms with van der Waals surface area (Å²) >= 11 is 0. The number of carbonyl (C=O) groups excluding carboxylic acids is 1. The van der Waals surface area contributed by atoms with Gasteiger partial charge < -0.3 is 4.74 Å². The molecule has 1 aliphatic carbocycles. The van der Waals surface area contributed by atoms with Gasteiger partial charge in [0, 0.05) is 11.6 Å². The summed E-state index contributed by atoms with van der Waals surface area (Å²) in [5.41, 5.74) is 1.96. The summed E-state index contributed by atoms with van der Waals surface area (Å²) < 4.78 is 5.94. The molecule has 1 aliphatic rings. The average molecular weight is 469 g/mol. The quantitative estimate of drug-likeness (QED) is 0.239. The Balaban J connectivity index is 1.92. The maximum atomic E-state index is 13.3. The Hall–Kier alpha value is -3.82. The molecule has 0 spiro atoms. The van der Waals surface area contributed by atoms with Gasteiger partial charge in [0.15, 0.2) is 5.71 Å². The molecule has 2 aromatic rings. The van der Waals surface area contributed by atoms with E-state index in [1.54, 1.807) is 30.3 Å². The van der Waals surface area contributed by atoms with Gasteiger partial charge in [0.25, 0.3) is 5.69 Å². The molecule has 180 valence electrons. The van der Waals surface area contributed by atoms with Gasteiger partial charge in [-0.2, -0.15) is 5.10 Å². The first-order chi connectivity index (χ1) is 16.2. The first-order valence-corrected chi connectivity index (χ1v) is 11.2. The third-order valence-electron chi connectivity index (χ3n) is 6.14. The average Bonchev–Trinajstić information content (AvgIpc) is 2.79. The SMILES string of the molecule is CC1CCC(C(C)C)C(OC(=O)C(=NNc2ccc([N+](=O)[O-])cc2[N+](=O)[O-])c2ccccc2)C1. The summed E-state index contributed by atoms with van der Waals surface area (Å²) in [6, 6.07) is 11.8. The maximum Gasteiger partial charge on any atom is 0.359 e. The third kappa shape index (κ3) is 5.94. The Bertz CT molecular complexity index is 1090. The molecule has 0 saturated heterocycles. The molecule has 1 saturated carbocycles. The Kier molecular flexibility index (Phi) is 7.93. The van der Waals surface area contributed by atoms with Crippen LogP contribution in [0.1, 0.15) is 45.6 Å². The second-order valence-corrected chi connectivity index (χ2v) is 8.92. The highest BCUT2D eigenvalue weighted by Crippen LogP contribution is 2.35. The van der Waals surface area contributed by atoms with E-state index in [1.807, 2.05) is 0 Å². The van der Waals surface area contributed by atoms with E-state index in [0.717, 1.165) is 31.4 Å². The summed E-state index contributed by atoms with van der Waals surface area (Å²) in [5, 5.41) is 26.6. The largest absolute Gasteiger partial charge is 0.457 e. The molecule has 0 radical (unpaired) electrons. The topological polar surface area (TPSA) is 137 Å². The number of esters is 1. The summed E-state index contributed by atoms with van der Waals surface area (Å²) in [5.74, 6) is 0.392. The van der Waals surface area contributed by atoms with Crippen LogP contribution < -0.4 is 5.43 Å². The Morgan fingerprint density at radius 2 is 1.79 bits per heavy atom. The van der Waals surface area contributed by atoms with Crippen LogP contribution in [0.25, 0.3) is 0 Å². The van der Waals surface area contributed by atoms with E-state index in [-0.39, 0.29) is 23.4 Å². The van der Waals surface area contributed by atoms with Crippen molar-refractivity contribution in [2.45, 2.75) is 46.1 Å². The molecule has 2 aromatic carbocycles. The van der Waals surface area contributed by atoms with Crippen LogP contribution in [0, 0.1) is 38.0 Å². The Morgan fingerprint density at radius 1 is 1.09 bits per heavy atom. The van der Waals surface area contributed by atoms with Gasteiger partial charge in [-0.25, -0.2) is 4.79 Å². The normalized spacial score (nSPS) is 20.6. The smallest absolute Gasteiger partial charge is 0.359 e. The van der Waals surface area contributed by atoms with Crippen molar-refractivity contribution in [1.29, 1.82) is 0 Å². The van der Waals surface area contributed by atoms with Crippen molar-refractivity contribution in [2.75, 3.05) is 5.43 Å². The highest BCUT2D eigenvalue weighted by atomic mass is 16.6. The van der Waals surface area contributed by atoms with Gasteiger partial charge in [0.1, 0.15) is 11.8 Å². The van der Waals surface area contributed by atoms with Crippen LogP contribution in [-0.4, -0.2) is 27.6 Å². The van der Waals surface area contributed by atoms with Crippen molar-refractivity contribution in [3.63, 3.8) is 0 Å². The van der Waals surface area contributed by atoms with E-state index in [9.17, 15) is 25.0 Å². The number of carbonyl (C=O) groups is 1. The number of hydrazone groups is 1. The first kappa shape index (κ1) is 24.8. The number of hydrogen-bond acceptors (Lipinski definition) is 8. The molecular formula is C24H28N4O6. The molecule has 0 heterocycles. The lowest BCUT2D eigenvalue weighted by Gasteiger charge is -2.36. The summed E-state index contributed by atoms with van der Waals surface area (Å²) in [6.07, 6.45) is 2.57. The van der Waals surface area contributed by atoms with Gasteiger partial charge in [-0.1, -0.05) is 57.5 Å². The standard InChI is InChI=1S/C24H28N4O6/c1-15(2)19-11-9-16(3)13-22(19)34-24(29)23(17-7-5-4-6-8-17)26-25-20-12-10-18(27(30)31)14-21(20)28(32)33/h4-8,10,12,14-16,19,22,25H,9,11,13H2,1-3H3. The van der Waals surface area contributed by atoms with Crippen LogP contribution >= 0.6 is 0 Å². The molecule has 3 rings (SSSR count). The van der Waals surface area contributed by atoms with E-state index >= 15 is 0 Å². The number of rotatable bonds is 8. The van der Waals surface area contributed by atoms with Gasteiger partial charge >= 0.3 is 11.7 Å². The van der Waals surface area contributed by atoms with Crippen LogP contribution in [0.15, 0.2) is 53.6 Å². The number of nitro groups is 2. The number of non-ortho nitro benzene ring substituents is 1. The second kappa shape index (κ2) is 10.9. The predicted octanol–water partition coefficient (Wildman–Crippen LogP) is 5.32. The Morgan fingerprint density at radius 3 is 2.41 bits per heavy atom. The lowest BCUT2D eigenvalue weighted by molar-refractivity contribution is -0.393. The van der Waals surface area contributed by atoms with E-state index in [2.05, 4.69) is 31.3 Å². The highest BCUT2D eigenvalue weighted by Gasteiger charge is 2.34. The number of nitrogens with one attached hydrogen (secondary N) is 1. The van der Waals surface area contributed by atoms with Gasteiger partial charge in [-0.3, -0.25) is 25.7 Å². The number of anilines is 1. The minimum absolute atomic E-state index is 0.0333. The lowest BCUT2D eigenvalue weighted by atomic mass is 9.75. The van der Waals surface area contributed by atoms with Gasteiger partial charge in [-0.05, 0) is 36.7 Å². The molecule has 34 heavy (non-hydrogen) atoms. The fourth-order valence-corrected chi connectivity index (χ4v) is 4.26. The van der Waals surface area contributed by atoms with E-state index in [4.69, 9.17) is 4.74 Å². The van der Waals surface area contributed by atoms with Crippen LogP contribution in [0.5, 0.6) is 0 Å². The molecule has 0 bridgehead atoms. The molecular weight excluding hydrogens is 440 g/mol. The maximum absolute atomic E-state index is 13.3. The van der Waals surface area contributed by atoms with E-state index < -0.39 is 27.2 Å². The monoisotopic (exact) mass is 468 g/mol. The van der Waals surface area contributed by atoms with Gasteiger partial charge in [-0.15, -0.1) is 0 Å². The molecule has 0 aromatic heterocycles. The molecule has 3 atom stereocenters. The zero-order chi connectivity index (χ0) is 24.8. The number of nitrogens with zero attached hydrogens (tertiary/aromatic N) is 3. The second-order valence-electron chi connectivity index (χ2n) is 8.92. The van der Waals surface area contributed by atoms with Crippen molar-refractivity contribution in [3.8, 4) is 0 Å². The van der Waals surface area contributed by atoms with Crippen LogP contribution in [0.3, 0.4) is 0 Å². The zero-order valence-corrected chi connectivity index (χ0v) is 19.3. The lowest BCUT2D eigenvalue weighted by Crippen LogP contribution is -2.37. The van der Waals surface area contributed by atoms with Gasteiger partial charge in [0.2, 0.25) is 0 Å². The molecule has 10 heteroatoms. The van der Waals surface area contributed by atoms with Gasteiger partial charge in [0.05, 0.1) is 15.9 Å². The van der Waals surface area contributed by atoms with E-state index in [0.29, 0.717) is 17.4 Å². The summed E-state index contributed by atoms with van der Waals surface area (Å²) in [6.45, 7) is 6.37. The summed E-state index contributed by atoms with van der Waals surface area (Å²) in [4.78, 5) is 34.2. The van der Waals surface area contributed by atoms with E-state index in [1.165, 1.54) is 6.07 Å². The fraction of sp³-hybridized carbons (Fsp3) is 0.417. The predicted molar refractivity (Wildman–Crippen MR) is 128 cm³/mol. The molecule has 10 nitrogen and oxygen atoms in total. The van der Waals surface area contributed by atoms with Crippen molar-refractivity contribution in [1.82, 2.24) is 0 Å². The molecule has 3 unspecified atom stereocenters. The minimum atomic E-state index is -0.748. The minimum Gasteiger partial charge on any atom is -0.457 e. The third-order valence-corrected chi connectivity index (χ3v) is 6.14. The molecule has 0 amide bonds. The molecule has 1 N–H and O–H groups in total.